The van der Waals surface area contributed by atoms with Gasteiger partial charge in [-0.1, -0.05) is 0 Å². The highest BCUT2D eigenvalue weighted by Gasteiger charge is 2.95. The molecular formula is C18H10F17N4O4+. The van der Waals surface area contributed by atoms with E-state index in [0.29, 0.717) is 18.2 Å². The minimum Gasteiger partial charge on any atom is -0.477 e. The molecule has 0 amide bonds. The molecule has 0 aliphatic heterocycles. The number of aromatic carboxylic acids is 1. The van der Waals surface area contributed by atoms with Crippen molar-refractivity contribution in [1.82, 2.24) is 0 Å². The fraction of sp³-hybridized carbons (Fsp3) is 0.611. The third kappa shape index (κ3) is 5.77. The maximum Gasteiger partial charge on any atom is 0.460 e. The summed E-state index contributed by atoms with van der Waals surface area (Å²) in [7, 11) is 0. The van der Waals surface area contributed by atoms with Gasteiger partial charge >= 0.3 is 59.1 Å². The molecule has 0 aromatic heterocycles. The van der Waals surface area contributed by atoms with Crippen LogP contribution in [0.5, 0.6) is 0 Å². The van der Waals surface area contributed by atoms with Gasteiger partial charge in [0.05, 0.1) is 11.5 Å². The molecule has 0 radical (unpaired) electrons. The molecule has 8 nitrogen and oxygen atoms in total. The topological polar surface area (TPSA) is 120 Å². The minimum atomic E-state index is -8.76. The van der Waals surface area contributed by atoms with E-state index >= 15 is 0 Å². The average molecular weight is 669 g/mol. The lowest BCUT2D eigenvalue weighted by Crippen LogP contribution is -2.74. The van der Waals surface area contributed by atoms with Crippen molar-refractivity contribution >= 4 is 17.3 Å². The van der Waals surface area contributed by atoms with Crippen molar-refractivity contribution in [2.24, 2.45) is 0 Å². The van der Waals surface area contributed by atoms with Crippen LogP contribution in [-0.4, -0.2) is 74.9 Å². The summed E-state index contributed by atoms with van der Waals surface area (Å²) in [6.07, 6.45) is -12.4. The van der Waals surface area contributed by atoms with E-state index in [1.165, 1.54) is 0 Å². The van der Waals surface area contributed by atoms with E-state index in [4.69, 9.17) is 10.6 Å². The molecule has 43 heavy (non-hydrogen) atoms. The number of carboxylic acid groups (broad SMARTS) is 1. The molecule has 0 fully saturated rings. The zero-order chi connectivity index (χ0) is 34.4. The van der Waals surface area contributed by atoms with Crippen LogP contribution in [-0.2, 0) is 0 Å². The highest BCUT2D eigenvalue weighted by molar-refractivity contribution is 5.93. The molecule has 1 aromatic rings. The summed E-state index contributed by atoms with van der Waals surface area (Å²) in [5.41, 5.74) is 5.91. The van der Waals surface area contributed by atoms with Crippen LogP contribution in [0.2, 0.25) is 0 Å². The van der Waals surface area contributed by atoms with Gasteiger partial charge < -0.3 is 5.11 Å². The van der Waals surface area contributed by atoms with Gasteiger partial charge in [-0.15, -0.1) is 0 Å². The molecular weight excluding hydrogens is 659 g/mol. The predicted molar refractivity (Wildman–Crippen MR) is 101 cm³/mol. The molecule has 1 rings (SSSR count). The van der Waals surface area contributed by atoms with Crippen LogP contribution in [0.4, 0.5) is 86.0 Å². The van der Waals surface area contributed by atoms with Crippen LogP contribution in [0.15, 0.2) is 18.2 Å². The Morgan fingerprint density at radius 1 is 0.767 bits per heavy atom. The lowest BCUT2D eigenvalue weighted by molar-refractivity contribution is -0.471. The number of hydrogen-bond donors (Lipinski definition) is 1. The summed E-state index contributed by atoms with van der Waals surface area (Å²) in [5, 5.41) is 19.8. The van der Waals surface area contributed by atoms with Crippen LogP contribution < -0.4 is 0 Å². The molecule has 0 aliphatic rings. The normalized spacial score (nSPS) is 14.3. The molecule has 0 saturated heterocycles. The zero-order valence-corrected chi connectivity index (χ0v) is 19.7. The molecule has 0 aliphatic carbocycles. The maximum atomic E-state index is 14.0. The van der Waals surface area contributed by atoms with Gasteiger partial charge in [0.1, 0.15) is 11.3 Å². The van der Waals surface area contributed by atoms with E-state index in [0.717, 1.165) is 0 Å². The van der Waals surface area contributed by atoms with Crippen LogP contribution in [0.25, 0.3) is 10.4 Å². The van der Waals surface area contributed by atoms with Crippen molar-refractivity contribution in [3.8, 4) is 0 Å². The smallest absolute Gasteiger partial charge is 0.460 e. The Bertz CT molecular complexity index is 1310. The molecule has 25 heteroatoms. The van der Waals surface area contributed by atoms with Crippen LogP contribution in [0.1, 0.15) is 23.2 Å². The van der Waals surface area contributed by atoms with Crippen molar-refractivity contribution in [2.75, 3.05) is 6.54 Å². The SMILES string of the molecule is [N-]=[N+]=[N+](CCCC(F)(F)C(F)(F)C(F)(F)C(F)(F)C(F)(F)C(F)(F)C(F)(F)C(F)(F)F)c1ccc([N+](=O)[O-])c(C(=O)O)c1. The van der Waals surface area contributed by atoms with Gasteiger partial charge in [0.2, 0.25) is 4.91 Å². The van der Waals surface area contributed by atoms with Crippen molar-refractivity contribution in [2.45, 2.75) is 60.5 Å². The Morgan fingerprint density at radius 2 is 1.19 bits per heavy atom. The Balaban J connectivity index is 3.39. The van der Waals surface area contributed by atoms with Crippen LogP contribution >= 0.6 is 0 Å². The largest absolute Gasteiger partial charge is 0.477 e. The molecule has 0 saturated carbocycles. The number of alkyl halides is 17. The summed E-state index contributed by atoms with van der Waals surface area (Å²) in [6, 6.07) is 1.33. The van der Waals surface area contributed by atoms with Crippen LogP contribution in [0.3, 0.4) is 0 Å². The molecule has 0 bridgehead atoms. The molecule has 244 valence electrons. The Kier molecular flexibility index (Phi) is 9.56. The Hall–Kier alpha value is -3.79. The lowest BCUT2D eigenvalue weighted by Gasteiger charge is -2.42. The van der Waals surface area contributed by atoms with E-state index in [1.807, 2.05) is 0 Å². The number of benzene rings is 1. The molecule has 1 aromatic carbocycles. The van der Waals surface area contributed by atoms with Gasteiger partial charge in [-0.2, -0.15) is 74.6 Å². The lowest BCUT2D eigenvalue weighted by atomic mass is 9.88. The molecule has 1 N–H and O–H groups in total. The molecule has 0 unspecified atom stereocenters. The number of carbonyl (C=O) groups is 1. The van der Waals surface area contributed by atoms with Gasteiger partial charge in [0.15, 0.2) is 0 Å². The highest BCUT2D eigenvalue weighted by atomic mass is 19.4. The summed E-state index contributed by atoms with van der Waals surface area (Å²) >= 11 is 0. The number of nitro benzene ring substituents is 1. The Morgan fingerprint density at radius 3 is 1.56 bits per heavy atom. The van der Waals surface area contributed by atoms with Gasteiger partial charge in [0, 0.05) is 12.5 Å². The van der Waals surface area contributed by atoms with E-state index in [2.05, 4.69) is 4.91 Å². The number of halogens is 17. The van der Waals surface area contributed by atoms with Gasteiger partial charge in [0.25, 0.3) is 5.69 Å². The monoisotopic (exact) mass is 669 g/mol. The minimum absolute atomic E-state index is 0.0228. The van der Waals surface area contributed by atoms with Crippen molar-refractivity contribution < 1.29 is 94.2 Å². The Labute approximate surface area is 224 Å². The summed E-state index contributed by atoms with van der Waals surface area (Å²) in [5.74, 6) is -59.4. The van der Waals surface area contributed by atoms with Gasteiger partial charge in [-0.3, -0.25) is 10.1 Å². The first-order valence-electron chi connectivity index (χ1n) is 10.3. The van der Waals surface area contributed by atoms with Crippen molar-refractivity contribution in [1.29, 1.82) is 0 Å². The van der Waals surface area contributed by atoms with Gasteiger partial charge in [-0.05, 0) is 23.3 Å². The van der Waals surface area contributed by atoms with Crippen LogP contribution in [0, 0.1) is 10.1 Å². The summed E-state index contributed by atoms with van der Waals surface area (Å²) < 4.78 is 226. The number of hydrogen-bond acceptors (Lipinski definition) is 3. The molecule has 0 atom stereocenters. The van der Waals surface area contributed by atoms with E-state index in [-0.39, 0.29) is 4.70 Å². The third-order valence-electron chi connectivity index (χ3n) is 5.46. The number of carboxylic acids is 1. The standard InChI is InChI=1S/C18H9F17N4O4/c19-11(20,4-1-5-38(37-36)7-2-3-9(39(42)43)8(6-7)10(40)41)12(21,22)13(23,24)14(25,26)15(27,28)16(29,30)17(31,32)18(33,34)35/h2-3,6H,1,4-5H2/p+1. The van der Waals surface area contributed by atoms with E-state index < -0.39 is 94.9 Å². The van der Waals surface area contributed by atoms with Crippen molar-refractivity contribution in [3.63, 3.8) is 0 Å². The van der Waals surface area contributed by atoms with E-state index in [9.17, 15) is 89.5 Å². The number of rotatable bonds is 13. The maximum absolute atomic E-state index is 14.0. The molecule has 0 spiro atoms. The second kappa shape index (κ2) is 11.0. The van der Waals surface area contributed by atoms with Gasteiger partial charge in [-0.25, -0.2) is 4.79 Å². The quantitative estimate of drug-likeness (QED) is 0.0435. The number of nitrogens with zero attached hydrogens (tertiary/aromatic N) is 4. The fourth-order valence-electron chi connectivity index (χ4n) is 3.04. The second-order valence-corrected chi connectivity index (χ2v) is 8.23. The first-order valence-corrected chi connectivity index (χ1v) is 10.3. The first-order chi connectivity index (χ1) is 18.9. The average Bonchev–Trinajstić information content (AvgIpc) is 2.84. The third-order valence-corrected chi connectivity index (χ3v) is 5.46. The molecule has 0 heterocycles. The predicted octanol–water partition coefficient (Wildman–Crippen LogP) is 8.04. The zero-order valence-electron chi connectivity index (χ0n) is 19.7. The summed E-state index contributed by atoms with van der Waals surface area (Å²) in [4.78, 5) is 23.0. The van der Waals surface area contributed by atoms with Crippen molar-refractivity contribution in [3.05, 3.63) is 44.3 Å². The second-order valence-electron chi connectivity index (χ2n) is 8.23. The highest BCUT2D eigenvalue weighted by Crippen LogP contribution is 2.64. The van der Waals surface area contributed by atoms with E-state index in [1.54, 1.807) is 0 Å². The fourth-order valence-corrected chi connectivity index (χ4v) is 3.04. The first kappa shape index (κ1) is 37.2. The summed E-state index contributed by atoms with van der Waals surface area (Å²) in [6.45, 7) is -1.41. The number of nitro groups is 1.